The first kappa shape index (κ1) is 18.6. The summed E-state index contributed by atoms with van der Waals surface area (Å²) in [4.78, 5) is 28.2. The highest BCUT2D eigenvalue weighted by Gasteiger charge is 2.15. The van der Waals surface area contributed by atoms with Gasteiger partial charge in [-0.3, -0.25) is 9.59 Å². The molecule has 2 aromatic heterocycles. The summed E-state index contributed by atoms with van der Waals surface area (Å²) < 4.78 is 5.62. The van der Waals surface area contributed by atoms with Crippen molar-refractivity contribution in [2.24, 2.45) is 0 Å². The van der Waals surface area contributed by atoms with E-state index < -0.39 is 11.8 Å². The van der Waals surface area contributed by atoms with Crippen molar-refractivity contribution in [1.29, 1.82) is 0 Å². The molecule has 0 saturated heterocycles. The van der Waals surface area contributed by atoms with Gasteiger partial charge in [0.25, 0.3) is 0 Å². The van der Waals surface area contributed by atoms with E-state index in [2.05, 4.69) is 15.6 Å². The van der Waals surface area contributed by atoms with Crippen molar-refractivity contribution in [3.8, 4) is 11.6 Å². The van der Waals surface area contributed by atoms with E-state index in [0.29, 0.717) is 23.9 Å². The second-order valence-electron chi connectivity index (χ2n) is 5.92. The maximum Gasteiger partial charge on any atom is 0.313 e. The van der Waals surface area contributed by atoms with Gasteiger partial charge >= 0.3 is 11.8 Å². The molecule has 0 saturated carbocycles. The average Bonchev–Trinajstić information content (AvgIpc) is 3.22. The van der Waals surface area contributed by atoms with Crippen LogP contribution in [-0.4, -0.2) is 23.3 Å². The summed E-state index contributed by atoms with van der Waals surface area (Å²) in [5.41, 5.74) is 1.61. The van der Waals surface area contributed by atoms with E-state index in [1.165, 1.54) is 0 Å². The molecule has 2 amide bonds. The number of nitrogens with zero attached hydrogens (tertiary/aromatic N) is 1. The van der Waals surface area contributed by atoms with Crippen molar-refractivity contribution in [2.45, 2.75) is 12.8 Å². The molecule has 6 nitrogen and oxygen atoms in total. The molecular weight excluding hydrogens is 362 g/mol. The van der Waals surface area contributed by atoms with Gasteiger partial charge in [-0.05, 0) is 46.5 Å². The molecule has 138 valence electrons. The van der Waals surface area contributed by atoms with Gasteiger partial charge in [0.15, 0.2) is 0 Å². The lowest BCUT2D eigenvalue weighted by atomic mass is 10.1. The summed E-state index contributed by atoms with van der Waals surface area (Å²) in [5.74, 6) is -0.294. The van der Waals surface area contributed by atoms with Gasteiger partial charge in [-0.1, -0.05) is 19.1 Å². The molecule has 1 aromatic carbocycles. The zero-order valence-corrected chi connectivity index (χ0v) is 15.5. The molecule has 0 aliphatic carbocycles. The Balaban J connectivity index is 1.54. The summed E-state index contributed by atoms with van der Waals surface area (Å²) in [5, 5.41) is 9.25. The predicted molar refractivity (Wildman–Crippen MR) is 105 cm³/mol. The number of anilines is 1. The van der Waals surface area contributed by atoms with Crippen molar-refractivity contribution in [3.05, 3.63) is 71.1 Å². The van der Waals surface area contributed by atoms with Crippen molar-refractivity contribution >= 4 is 28.8 Å². The van der Waals surface area contributed by atoms with Gasteiger partial charge in [-0.15, -0.1) is 0 Å². The highest BCUT2D eigenvalue weighted by Crippen LogP contribution is 2.22. The number of ether oxygens (including phenoxy) is 1. The largest absolute Gasteiger partial charge is 0.439 e. The Hall–Kier alpha value is -3.19. The fraction of sp³-hybridized carbons (Fsp3) is 0.150. The molecule has 0 fully saturated rings. The first-order valence-electron chi connectivity index (χ1n) is 8.42. The van der Waals surface area contributed by atoms with Crippen LogP contribution in [0.1, 0.15) is 18.4 Å². The molecule has 0 aliphatic heterocycles. The van der Waals surface area contributed by atoms with Crippen LogP contribution in [0, 0.1) is 0 Å². The SMILES string of the molecule is C[C@@H](CNC(=O)C(=O)Nc1cccc(Oc2ccccn2)c1)c1ccsc1. The number of thiophene rings is 1. The third-order valence-electron chi connectivity index (χ3n) is 3.84. The van der Waals surface area contributed by atoms with E-state index in [1.807, 2.05) is 29.8 Å². The lowest BCUT2D eigenvalue weighted by molar-refractivity contribution is -0.136. The van der Waals surface area contributed by atoms with Gasteiger partial charge in [0, 0.05) is 30.6 Å². The highest BCUT2D eigenvalue weighted by atomic mass is 32.1. The van der Waals surface area contributed by atoms with Crippen LogP contribution in [0.4, 0.5) is 5.69 Å². The lowest BCUT2D eigenvalue weighted by Crippen LogP contribution is -2.37. The smallest absolute Gasteiger partial charge is 0.313 e. The van der Waals surface area contributed by atoms with E-state index in [9.17, 15) is 9.59 Å². The first-order chi connectivity index (χ1) is 13.1. The zero-order valence-electron chi connectivity index (χ0n) is 14.7. The summed E-state index contributed by atoms with van der Waals surface area (Å²) in [6, 6.07) is 14.1. The second-order valence-corrected chi connectivity index (χ2v) is 6.70. The number of hydrogen-bond acceptors (Lipinski definition) is 5. The van der Waals surface area contributed by atoms with Crippen LogP contribution in [0.15, 0.2) is 65.5 Å². The van der Waals surface area contributed by atoms with E-state index in [0.717, 1.165) is 5.56 Å². The topological polar surface area (TPSA) is 80.3 Å². The maximum atomic E-state index is 12.1. The van der Waals surface area contributed by atoms with Gasteiger partial charge in [0.05, 0.1) is 0 Å². The third-order valence-corrected chi connectivity index (χ3v) is 4.54. The predicted octanol–water partition coefficient (Wildman–Crippen LogP) is 3.79. The summed E-state index contributed by atoms with van der Waals surface area (Å²) in [6.45, 7) is 2.39. The van der Waals surface area contributed by atoms with E-state index >= 15 is 0 Å². The number of carbonyl (C=O) groups excluding carboxylic acids is 2. The highest BCUT2D eigenvalue weighted by molar-refractivity contribution is 7.08. The summed E-state index contributed by atoms with van der Waals surface area (Å²) in [7, 11) is 0. The lowest BCUT2D eigenvalue weighted by Gasteiger charge is -2.12. The molecular formula is C20H19N3O3S. The van der Waals surface area contributed by atoms with Crippen LogP contribution in [0.25, 0.3) is 0 Å². The van der Waals surface area contributed by atoms with Crippen LogP contribution in [0.3, 0.4) is 0 Å². The number of aromatic nitrogens is 1. The molecule has 0 bridgehead atoms. The third kappa shape index (κ3) is 5.39. The fourth-order valence-corrected chi connectivity index (χ4v) is 3.14. The Labute approximate surface area is 161 Å². The molecule has 27 heavy (non-hydrogen) atoms. The van der Waals surface area contributed by atoms with Gasteiger partial charge in [-0.2, -0.15) is 11.3 Å². The van der Waals surface area contributed by atoms with Crippen LogP contribution >= 0.6 is 11.3 Å². The van der Waals surface area contributed by atoms with Crippen LogP contribution in [0.2, 0.25) is 0 Å². The Morgan fingerprint density at radius 1 is 1.15 bits per heavy atom. The standard InChI is InChI=1S/C20H19N3O3S/c1-14(15-8-10-27-13-15)12-22-19(24)20(25)23-16-5-4-6-17(11-16)26-18-7-2-3-9-21-18/h2-11,13-14H,12H2,1H3,(H,22,24)(H,23,25)/t14-/m0/s1. The molecule has 0 radical (unpaired) electrons. The van der Waals surface area contributed by atoms with E-state index in [-0.39, 0.29) is 5.92 Å². The fourth-order valence-electron chi connectivity index (χ4n) is 2.35. The van der Waals surface area contributed by atoms with Crippen LogP contribution < -0.4 is 15.4 Å². The maximum absolute atomic E-state index is 12.1. The molecule has 0 spiro atoms. The number of benzene rings is 1. The zero-order chi connectivity index (χ0) is 19.1. The number of carbonyl (C=O) groups is 2. The Bertz CT molecular complexity index is 898. The minimum absolute atomic E-state index is 0.142. The number of amides is 2. The van der Waals surface area contributed by atoms with Gasteiger partial charge in [0.2, 0.25) is 5.88 Å². The Morgan fingerprint density at radius 3 is 2.78 bits per heavy atom. The monoisotopic (exact) mass is 381 g/mol. The molecule has 1 atom stereocenters. The molecule has 3 rings (SSSR count). The molecule has 7 heteroatoms. The van der Waals surface area contributed by atoms with Crippen molar-refractivity contribution in [1.82, 2.24) is 10.3 Å². The molecule has 0 aliphatic rings. The Morgan fingerprint density at radius 2 is 2.04 bits per heavy atom. The number of rotatable bonds is 6. The average molecular weight is 381 g/mol. The number of pyridine rings is 1. The Kier molecular flexibility index (Phi) is 6.17. The second kappa shape index (κ2) is 8.95. The molecule has 0 unspecified atom stereocenters. The number of hydrogen-bond donors (Lipinski definition) is 2. The number of nitrogens with one attached hydrogen (secondary N) is 2. The first-order valence-corrected chi connectivity index (χ1v) is 9.36. The van der Waals surface area contributed by atoms with Gasteiger partial charge in [-0.25, -0.2) is 4.98 Å². The minimum Gasteiger partial charge on any atom is -0.439 e. The molecule has 2 N–H and O–H groups in total. The van der Waals surface area contributed by atoms with Crippen molar-refractivity contribution in [2.75, 3.05) is 11.9 Å². The normalized spacial score (nSPS) is 11.4. The quantitative estimate of drug-likeness (QED) is 0.637. The van der Waals surface area contributed by atoms with Crippen molar-refractivity contribution in [3.63, 3.8) is 0 Å². The van der Waals surface area contributed by atoms with E-state index in [4.69, 9.17) is 4.74 Å². The van der Waals surface area contributed by atoms with Gasteiger partial charge < -0.3 is 15.4 Å². The van der Waals surface area contributed by atoms with Gasteiger partial charge in [0.1, 0.15) is 5.75 Å². The minimum atomic E-state index is -0.720. The van der Waals surface area contributed by atoms with Crippen molar-refractivity contribution < 1.29 is 14.3 Å². The van der Waals surface area contributed by atoms with E-state index in [1.54, 1.807) is 53.9 Å². The van der Waals surface area contributed by atoms with Crippen LogP contribution in [0.5, 0.6) is 11.6 Å². The molecule has 3 aromatic rings. The summed E-state index contributed by atoms with van der Waals surface area (Å²) >= 11 is 1.60. The molecule has 2 heterocycles. The summed E-state index contributed by atoms with van der Waals surface area (Å²) in [6.07, 6.45) is 1.63. The van der Waals surface area contributed by atoms with Crippen LogP contribution in [-0.2, 0) is 9.59 Å².